The molecule has 0 atom stereocenters. The zero-order valence-corrected chi connectivity index (χ0v) is 15.4. The second kappa shape index (κ2) is 6.41. The summed E-state index contributed by atoms with van der Waals surface area (Å²) in [6.45, 7) is 0. The lowest BCUT2D eigenvalue weighted by Gasteiger charge is -2.10. The van der Waals surface area contributed by atoms with Crippen molar-refractivity contribution in [2.45, 2.75) is 8.81 Å². The van der Waals surface area contributed by atoms with Gasteiger partial charge >= 0.3 is 3.92 Å². The summed E-state index contributed by atoms with van der Waals surface area (Å²) < 4.78 is 12.6. The molecular weight excluding hydrogens is 456 g/mol. The van der Waals surface area contributed by atoms with E-state index in [4.69, 9.17) is 58.0 Å². The Kier molecular flexibility index (Phi) is 5.44. The highest BCUT2D eigenvalue weighted by Gasteiger charge is 2.27. The van der Waals surface area contributed by atoms with E-state index in [2.05, 4.69) is 21.0 Å². The number of nitrogens with zero attached hydrogens (tertiary/aromatic N) is 2. The van der Waals surface area contributed by atoms with Crippen molar-refractivity contribution in [2.24, 2.45) is 0 Å². The molecule has 2 nitrogen and oxygen atoms in total. The third-order valence-electron chi connectivity index (χ3n) is 2.10. The van der Waals surface area contributed by atoms with Gasteiger partial charge in [-0.25, -0.2) is 4.68 Å². The van der Waals surface area contributed by atoms with Crippen LogP contribution in [0.1, 0.15) is 0 Å². The van der Waals surface area contributed by atoms with Gasteiger partial charge in [0.1, 0.15) is 10.3 Å². The van der Waals surface area contributed by atoms with Gasteiger partial charge in [-0.15, -0.1) is 0 Å². The quantitative estimate of drug-likeness (QED) is 0.374. The van der Waals surface area contributed by atoms with Crippen LogP contribution in [-0.4, -0.2) is 13.7 Å². The maximum absolute atomic E-state index is 13.2. The van der Waals surface area contributed by atoms with Gasteiger partial charge in [-0.3, -0.25) is 0 Å². The fourth-order valence-electron chi connectivity index (χ4n) is 1.40. The predicted octanol–water partition coefficient (Wildman–Crippen LogP) is 6.75. The lowest BCUT2D eigenvalue weighted by molar-refractivity contribution is 0.515. The maximum atomic E-state index is 13.2. The molecule has 0 aliphatic heterocycles. The Morgan fingerprint density at radius 2 is 1.75 bits per heavy atom. The Hall–Kier alpha value is 0.640. The van der Waals surface area contributed by atoms with Crippen molar-refractivity contribution in [3.8, 4) is 5.69 Å². The van der Waals surface area contributed by atoms with Crippen LogP contribution in [0.4, 0.5) is 4.39 Å². The number of aromatic nitrogens is 2. The van der Waals surface area contributed by atoms with Crippen LogP contribution in [0.5, 0.6) is 0 Å². The molecule has 20 heavy (non-hydrogen) atoms. The van der Waals surface area contributed by atoms with Gasteiger partial charge in [0, 0.05) is 5.02 Å². The fraction of sp³-hybridized carbons (Fsp3) is 0.100. The van der Waals surface area contributed by atoms with E-state index in [1.807, 2.05) is 0 Å². The first-order valence-corrected chi connectivity index (χ1v) is 8.33. The standard InChI is InChI=1S/C10H3BrCl5FN2S/c11-9-7(20-10(15,16)17)3-18-19(9)8-5(13)1-4(12)2-6(8)14/h1-3H. The second-order valence-corrected chi connectivity index (χ2v) is 8.37. The minimum Gasteiger partial charge on any atom is -0.222 e. The lowest BCUT2D eigenvalue weighted by atomic mass is 10.3. The summed E-state index contributed by atoms with van der Waals surface area (Å²) in [5.74, 6) is 0. The molecule has 2 rings (SSSR count). The molecule has 0 amide bonds. The zero-order chi connectivity index (χ0) is 15.1. The highest BCUT2D eigenvalue weighted by Crippen LogP contribution is 2.45. The number of benzene rings is 1. The Morgan fingerprint density at radius 3 is 2.25 bits per heavy atom. The summed E-state index contributed by atoms with van der Waals surface area (Å²) in [4.78, 5) is 0.389. The van der Waals surface area contributed by atoms with E-state index in [0.29, 0.717) is 42.0 Å². The molecule has 1 aromatic heterocycles. The zero-order valence-electron chi connectivity index (χ0n) is 9.18. The van der Waals surface area contributed by atoms with Crippen LogP contribution in [0.25, 0.3) is 5.69 Å². The van der Waals surface area contributed by atoms with Crippen molar-refractivity contribution in [3.05, 3.63) is 38.0 Å². The molecule has 0 fully saturated rings. The van der Waals surface area contributed by atoms with Crippen LogP contribution >= 0.6 is 85.7 Å². The van der Waals surface area contributed by atoms with Gasteiger partial charge in [-0.05, 0) is 39.8 Å². The minimum atomic E-state index is -2.47. The molecule has 0 aliphatic rings. The average Bonchev–Trinajstić information content (AvgIpc) is 2.58. The largest absolute Gasteiger partial charge is 0.309 e. The van der Waals surface area contributed by atoms with Crippen molar-refractivity contribution < 1.29 is 4.39 Å². The summed E-state index contributed by atoms with van der Waals surface area (Å²) in [6, 6.07) is 3.04. The van der Waals surface area contributed by atoms with Gasteiger partial charge in [-0.1, -0.05) is 58.0 Å². The van der Waals surface area contributed by atoms with E-state index in [1.54, 1.807) is 0 Å². The van der Waals surface area contributed by atoms with Gasteiger partial charge in [-0.2, -0.15) is 9.49 Å². The van der Waals surface area contributed by atoms with Crippen LogP contribution < -0.4 is 0 Å². The molecule has 10 heteroatoms. The predicted molar refractivity (Wildman–Crippen MR) is 87.7 cm³/mol. The molecule has 0 radical (unpaired) electrons. The van der Waals surface area contributed by atoms with Crippen LogP contribution in [0.3, 0.4) is 0 Å². The Bertz CT molecular complexity index is 635. The number of rotatable bonds is 3. The van der Waals surface area contributed by atoms with Crippen molar-refractivity contribution in [1.82, 2.24) is 9.78 Å². The van der Waals surface area contributed by atoms with Crippen molar-refractivity contribution in [2.75, 3.05) is 0 Å². The molecule has 1 heterocycles. The molecule has 0 aliphatic carbocycles. The summed E-state index contributed by atoms with van der Waals surface area (Å²) in [5.41, 5.74) is 0.407. The second-order valence-electron chi connectivity index (χ2n) is 3.48. The van der Waals surface area contributed by atoms with E-state index < -0.39 is 3.92 Å². The van der Waals surface area contributed by atoms with Crippen molar-refractivity contribution in [3.63, 3.8) is 0 Å². The van der Waals surface area contributed by atoms with E-state index in [9.17, 15) is 4.39 Å². The van der Waals surface area contributed by atoms with Gasteiger partial charge in [0.25, 0.3) is 0 Å². The summed E-state index contributed by atoms with van der Waals surface area (Å²) in [7, 11) is 0. The highest BCUT2D eigenvalue weighted by molar-refractivity contribution is 9.10. The monoisotopic (exact) mass is 456 g/mol. The van der Waals surface area contributed by atoms with Gasteiger partial charge in [0.15, 0.2) is 0 Å². The fourth-order valence-corrected chi connectivity index (χ4v) is 4.01. The number of hydrogen-bond donors (Lipinski definition) is 0. The van der Waals surface area contributed by atoms with Crippen LogP contribution in [0.2, 0.25) is 15.1 Å². The molecule has 0 saturated heterocycles. The van der Waals surface area contributed by atoms with E-state index in [-0.39, 0.29) is 0 Å². The van der Waals surface area contributed by atoms with E-state index in [0.717, 1.165) is 0 Å². The number of hydrogen-bond acceptors (Lipinski definition) is 2. The topological polar surface area (TPSA) is 17.8 Å². The van der Waals surface area contributed by atoms with Crippen LogP contribution in [0.15, 0.2) is 27.8 Å². The van der Waals surface area contributed by atoms with E-state index >= 15 is 0 Å². The summed E-state index contributed by atoms with van der Waals surface area (Å²) in [5, 5.41) is 5.06. The third kappa shape index (κ3) is 3.88. The molecule has 2 aromatic rings. The van der Waals surface area contributed by atoms with Crippen LogP contribution in [0, 0.1) is 0 Å². The molecule has 108 valence electrons. The molecule has 0 spiro atoms. The van der Waals surface area contributed by atoms with Crippen molar-refractivity contribution in [1.29, 1.82) is 0 Å². The Morgan fingerprint density at radius 1 is 1.20 bits per heavy atom. The lowest BCUT2D eigenvalue weighted by Crippen LogP contribution is -1.99. The molecule has 0 unspecified atom stereocenters. The highest BCUT2D eigenvalue weighted by atomic mass is 79.9. The molecule has 0 N–H and O–H groups in total. The minimum absolute atomic E-state index is 0.297. The van der Waals surface area contributed by atoms with Gasteiger partial charge in [0.2, 0.25) is 0 Å². The Balaban J connectivity index is 2.50. The van der Waals surface area contributed by atoms with Gasteiger partial charge in [0.05, 0.1) is 21.1 Å². The molecular formula is C10H3BrCl5FN2S. The normalized spacial score (nSPS) is 11.9. The summed E-state index contributed by atoms with van der Waals surface area (Å²) in [6.07, 6.45) is 1.38. The molecule has 0 saturated carbocycles. The summed E-state index contributed by atoms with van der Waals surface area (Å²) >= 11 is 32.5. The first-order valence-electron chi connectivity index (χ1n) is 4.83. The molecule has 1 aromatic carbocycles. The first kappa shape index (κ1) is 17.0. The average molecular weight is 459 g/mol. The number of alkyl halides is 3. The Labute approximate surface area is 151 Å². The SMILES string of the molecule is FC(Cl)(Cl)Sc1cnn(-c2c(Cl)cc(Cl)cc2Cl)c1Br. The van der Waals surface area contributed by atoms with Crippen molar-refractivity contribution >= 4 is 85.7 Å². The smallest absolute Gasteiger partial charge is 0.222 e. The van der Waals surface area contributed by atoms with Gasteiger partial charge < -0.3 is 0 Å². The number of halogens is 7. The van der Waals surface area contributed by atoms with Crippen LogP contribution in [-0.2, 0) is 0 Å². The third-order valence-corrected chi connectivity index (χ3v) is 5.13. The number of thioether (sulfide) groups is 1. The maximum Gasteiger partial charge on any atom is 0.309 e. The van der Waals surface area contributed by atoms with E-state index in [1.165, 1.54) is 23.0 Å². The molecule has 0 bridgehead atoms. The first-order chi connectivity index (χ1) is 9.19.